The zero-order chi connectivity index (χ0) is 12.6. The largest absolute Gasteiger partial charge is 0.344 e. The molecule has 2 fully saturated rings. The van der Waals surface area contributed by atoms with E-state index in [4.69, 9.17) is 9.47 Å². The van der Waals surface area contributed by atoms with Gasteiger partial charge in [-0.15, -0.1) is 4.91 Å². The van der Waals surface area contributed by atoms with Crippen molar-refractivity contribution in [2.45, 2.75) is 51.6 Å². The van der Waals surface area contributed by atoms with Crippen molar-refractivity contribution in [3.8, 4) is 0 Å². The van der Waals surface area contributed by atoms with Gasteiger partial charge in [0.2, 0.25) is 0 Å². The molecular formula is C12H17NO4. The molecule has 1 amide bonds. The van der Waals surface area contributed by atoms with Crippen LogP contribution in [-0.2, 0) is 14.3 Å². The van der Waals surface area contributed by atoms with E-state index >= 15 is 0 Å². The molecule has 1 heterocycles. The summed E-state index contributed by atoms with van der Waals surface area (Å²) in [6.45, 7) is 5.68. The summed E-state index contributed by atoms with van der Waals surface area (Å²) in [6, 6.07) is 0. The quantitative estimate of drug-likeness (QED) is 0.547. The predicted octanol–water partition coefficient (Wildman–Crippen LogP) is 2.16. The number of hydrogen-bond donors (Lipinski definition) is 0. The summed E-state index contributed by atoms with van der Waals surface area (Å²) in [6.07, 6.45) is 2.73. The first-order valence-electron chi connectivity index (χ1n) is 5.84. The lowest BCUT2D eigenvalue weighted by Crippen LogP contribution is -2.24. The van der Waals surface area contributed by atoms with Crippen LogP contribution >= 0.6 is 0 Å². The molecule has 1 aliphatic carbocycles. The number of nitrogens with zero attached hydrogens (tertiary/aromatic N) is 1. The van der Waals surface area contributed by atoms with Crippen molar-refractivity contribution >= 4 is 5.91 Å². The monoisotopic (exact) mass is 239 g/mol. The molecular weight excluding hydrogens is 222 g/mol. The molecule has 0 aromatic carbocycles. The maximum absolute atomic E-state index is 11.1. The SMILES string of the molecule is C/C=C1/C2OC(C)(C)O[C@H]2C[C@@H]1CC(=O)N=O. The Morgan fingerprint density at radius 3 is 2.82 bits per heavy atom. The summed E-state index contributed by atoms with van der Waals surface area (Å²) in [4.78, 5) is 21.2. The molecule has 0 spiro atoms. The van der Waals surface area contributed by atoms with Crippen molar-refractivity contribution in [3.05, 3.63) is 16.6 Å². The second-order valence-electron chi connectivity index (χ2n) is 5.01. The first-order valence-corrected chi connectivity index (χ1v) is 5.84. The Bertz CT molecular complexity index is 375. The maximum atomic E-state index is 11.1. The second kappa shape index (κ2) is 4.31. The summed E-state index contributed by atoms with van der Waals surface area (Å²) < 4.78 is 11.6. The highest BCUT2D eigenvalue weighted by Gasteiger charge is 2.50. The molecule has 0 radical (unpaired) electrons. The summed E-state index contributed by atoms with van der Waals surface area (Å²) in [7, 11) is 0. The molecule has 0 aromatic heterocycles. The molecule has 94 valence electrons. The van der Waals surface area contributed by atoms with Crippen LogP contribution in [0.2, 0.25) is 0 Å². The van der Waals surface area contributed by atoms with Crippen molar-refractivity contribution in [2.24, 2.45) is 11.1 Å². The van der Waals surface area contributed by atoms with E-state index in [1.54, 1.807) is 0 Å². The van der Waals surface area contributed by atoms with E-state index in [0.29, 0.717) is 0 Å². The van der Waals surface area contributed by atoms with E-state index in [0.717, 1.165) is 12.0 Å². The van der Waals surface area contributed by atoms with Crippen LogP contribution in [0, 0.1) is 10.8 Å². The van der Waals surface area contributed by atoms with E-state index < -0.39 is 11.7 Å². The molecule has 0 N–H and O–H groups in total. The van der Waals surface area contributed by atoms with Gasteiger partial charge in [0.1, 0.15) is 6.10 Å². The van der Waals surface area contributed by atoms with Crippen LogP contribution in [0.5, 0.6) is 0 Å². The first kappa shape index (κ1) is 12.4. The van der Waals surface area contributed by atoms with Gasteiger partial charge in [-0.25, -0.2) is 0 Å². The molecule has 3 atom stereocenters. The Hall–Kier alpha value is -1.07. The lowest BCUT2D eigenvalue weighted by atomic mass is 9.97. The highest BCUT2D eigenvalue weighted by atomic mass is 16.8. The summed E-state index contributed by atoms with van der Waals surface area (Å²) >= 11 is 0. The molecule has 1 saturated heterocycles. The number of carbonyl (C=O) groups is 1. The third kappa shape index (κ3) is 2.30. The number of ether oxygens (including phenoxy) is 2. The molecule has 1 saturated carbocycles. The fourth-order valence-electron chi connectivity index (χ4n) is 2.79. The van der Waals surface area contributed by atoms with E-state index in [1.807, 2.05) is 26.8 Å². The lowest BCUT2D eigenvalue weighted by Gasteiger charge is -2.21. The zero-order valence-electron chi connectivity index (χ0n) is 10.3. The number of nitroso groups, excluding NO2 is 1. The van der Waals surface area contributed by atoms with Crippen molar-refractivity contribution in [1.82, 2.24) is 0 Å². The van der Waals surface area contributed by atoms with Crippen molar-refractivity contribution in [3.63, 3.8) is 0 Å². The van der Waals surface area contributed by atoms with Crippen molar-refractivity contribution in [2.75, 3.05) is 0 Å². The van der Waals surface area contributed by atoms with Crippen molar-refractivity contribution < 1.29 is 14.3 Å². The van der Waals surface area contributed by atoms with E-state index in [1.165, 1.54) is 0 Å². The molecule has 0 bridgehead atoms. The summed E-state index contributed by atoms with van der Waals surface area (Å²) in [5, 5.41) is 2.45. The molecule has 5 nitrogen and oxygen atoms in total. The fraction of sp³-hybridized carbons (Fsp3) is 0.750. The number of fused-ring (bicyclic) bond motifs is 1. The lowest BCUT2D eigenvalue weighted by molar-refractivity contribution is -0.149. The van der Waals surface area contributed by atoms with E-state index in [9.17, 15) is 9.70 Å². The van der Waals surface area contributed by atoms with E-state index in [2.05, 4.69) is 5.18 Å². The average Bonchev–Trinajstić information content (AvgIpc) is 2.68. The minimum absolute atomic E-state index is 0.0133. The van der Waals surface area contributed by atoms with Crippen LogP contribution in [0.1, 0.15) is 33.6 Å². The fourth-order valence-corrected chi connectivity index (χ4v) is 2.79. The third-order valence-electron chi connectivity index (χ3n) is 3.36. The van der Waals surface area contributed by atoms with Gasteiger partial charge in [-0.3, -0.25) is 4.79 Å². The highest BCUT2D eigenvalue weighted by molar-refractivity contribution is 5.77. The molecule has 1 aliphatic heterocycles. The molecule has 0 aromatic rings. The minimum atomic E-state index is -0.603. The molecule has 5 heteroatoms. The van der Waals surface area contributed by atoms with Gasteiger partial charge in [0, 0.05) is 11.6 Å². The maximum Gasteiger partial charge on any atom is 0.286 e. The Kier molecular flexibility index (Phi) is 3.14. The number of amides is 1. The third-order valence-corrected chi connectivity index (χ3v) is 3.36. The molecule has 2 rings (SSSR count). The highest BCUT2D eigenvalue weighted by Crippen LogP contribution is 2.45. The smallest absolute Gasteiger partial charge is 0.286 e. The second-order valence-corrected chi connectivity index (χ2v) is 5.01. The van der Waals surface area contributed by atoms with Gasteiger partial charge in [-0.1, -0.05) is 6.08 Å². The number of rotatable bonds is 2. The van der Waals surface area contributed by atoms with Crippen molar-refractivity contribution in [1.29, 1.82) is 0 Å². The van der Waals surface area contributed by atoms with Gasteiger partial charge >= 0.3 is 0 Å². The number of carbonyl (C=O) groups excluding carboxylic acids is 1. The van der Waals surface area contributed by atoms with Crippen LogP contribution in [0.25, 0.3) is 0 Å². The van der Waals surface area contributed by atoms with Gasteiger partial charge in [-0.05, 0) is 38.7 Å². The average molecular weight is 239 g/mol. The van der Waals surface area contributed by atoms with Gasteiger partial charge in [0.15, 0.2) is 5.79 Å². The predicted molar refractivity (Wildman–Crippen MR) is 61.1 cm³/mol. The van der Waals surface area contributed by atoms with Crippen LogP contribution in [0.4, 0.5) is 0 Å². The topological polar surface area (TPSA) is 65.0 Å². The minimum Gasteiger partial charge on any atom is -0.344 e. The standard InChI is InChI=1S/C12H17NO4/c1-4-8-7(6-10(14)13-15)5-9-11(8)17-12(2,3)16-9/h4,7,9,11H,5-6H2,1-3H3/b8-4+/t7-,9+,11?/m1/s1. The first-order chi connectivity index (χ1) is 7.96. The molecule has 2 aliphatic rings. The zero-order valence-corrected chi connectivity index (χ0v) is 10.3. The summed E-state index contributed by atoms with van der Waals surface area (Å²) in [5.41, 5.74) is 1.05. The Balaban J connectivity index is 2.11. The molecule has 17 heavy (non-hydrogen) atoms. The van der Waals surface area contributed by atoms with Gasteiger partial charge in [0.05, 0.1) is 6.10 Å². The Labute approximate surface area is 100 Å². The van der Waals surface area contributed by atoms with Gasteiger partial charge < -0.3 is 9.47 Å². The number of allylic oxidation sites excluding steroid dienone is 1. The van der Waals surface area contributed by atoms with Crippen LogP contribution < -0.4 is 0 Å². The Morgan fingerprint density at radius 2 is 2.24 bits per heavy atom. The van der Waals surface area contributed by atoms with Crippen LogP contribution in [0.15, 0.2) is 16.8 Å². The normalized spacial score (nSPS) is 37.1. The van der Waals surface area contributed by atoms with Crippen LogP contribution in [0.3, 0.4) is 0 Å². The summed E-state index contributed by atoms with van der Waals surface area (Å²) in [5.74, 6) is -1.15. The van der Waals surface area contributed by atoms with Gasteiger partial charge in [0.25, 0.3) is 5.91 Å². The Morgan fingerprint density at radius 1 is 1.53 bits per heavy atom. The van der Waals surface area contributed by atoms with E-state index in [-0.39, 0.29) is 24.5 Å². The molecule has 1 unspecified atom stereocenters. The number of hydrogen-bond acceptors (Lipinski definition) is 4. The van der Waals surface area contributed by atoms with Crippen LogP contribution in [-0.4, -0.2) is 23.9 Å². The van der Waals surface area contributed by atoms with Gasteiger partial charge in [-0.2, -0.15) is 0 Å².